The molecule has 0 fully saturated rings. The maximum absolute atomic E-state index is 14.8. The van der Waals surface area contributed by atoms with Gasteiger partial charge in [-0.05, 0) is 75.4 Å². The van der Waals surface area contributed by atoms with Crippen LogP contribution >= 0.6 is 0 Å². The fourth-order valence-electron chi connectivity index (χ4n) is 5.36. The van der Waals surface area contributed by atoms with Gasteiger partial charge in [-0.3, -0.25) is 4.79 Å². The molecule has 37 heavy (non-hydrogen) atoms. The van der Waals surface area contributed by atoms with Crippen LogP contribution in [-0.2, 0) is 28.0 Å². The van der Waals surface area contributed by atoms with Gasteiger partial charge in [0.1, 0.15) is 23.9 Å². The van der Waals surface area contributed by atoms with Crippen LogP contribution in [0.15, 0.2) is 54.6 Å². The highest BCUT2D eigenvalue weighted by Crippen LogP contribution is 2.49. The number of fused-ring (bicyclic) bond motifs is 1. The molecule has 0 heterocycles. The Labute approximate surface area is 219 Å². The van der Waals surface area contributed by atoms with Gasteiger partial charge >= 0.3 is 5.97 Å². The Balaban J connectivity index is 1.60. The van der Waals surface area contributed by atoms with Crippen LogP contribution in [-0.4, -0.2) is 20.2 Å². The van der Waals surface area contributed by atoms with Crippen LogP contribution in [0.1, 0.15) is 69.2 Å². The minimum Gasteiger partial charge on any atom is -0.497 e. The van der Waals surface area contributed by atoms with Gasteiger partial charge in [0.15, 0.2) is 0 Å². The van der Waals surface area contributed by atoms with Gasteiger partial charge in [0, 0.05) is 11.5 Å². The van der Waals surface area contributed by atoms with Crippen molar-refractivity contribution >= 4 is 5.97 Å². The summed E-state index contributed by atoms with van der Waals surface area (Å²) in [6.45, 7) is 11.1. The van der Waals surface area contributed by atoms with E-state index >= 15 is 0 Å². The summed E-state index contributed by atoms with van der Waals surface area (Å²) >= 11 is 0. The van der Waals surface area contributed by atoms with Crippen molar-refractivity contribution in [3.63, 3.8) is 0 Å². The van der Waals surface area contributed by atoms with Crippen molar-refractivity contribution in [2.24, 2.45) is 5.41 Å². The summed E-state index contributed by atoms with van der Waals surface area (Å²) < 4.78 is 31.3. The van der Waals surface area contributed by atoms with Gasteiger partial charge in [0.2, 0.25) is 0 Å². The lowest BCUT2D eigenvalue weighted by atomic mass is 9.78. The molecule has 1 aliphatic carbocycles. The van der Waals surface area contributed by atoms with Crippen molar-refractivity contribution in [3.05, 3.63) is 82.7 Å². The highest BCUT2D eigenvalue weighted by molar-refractivity contribution is 5.72. The fourth-order valence-corrected chi connectivity index (χ4v) is 5.36. The van der Waals surface area contributed by atoms with E-state index in [2.05, 4.69) is 52.8 Å². The molecule has 0 spiro atoms. The van der Waals surface area contributed by atoms with Gasteiger partial charge in [-0.15, -0.1) is 0 Å². The summed E-state index contributed by atoms with van der Waals surface area (Å²) in [5.41, 5.74) is 5.59. The zero-order valence-electron chi connectivity index (χ0n) is 22.9. The zero-order valence-corrected chi connectivity index (χ0v) is 22.9. The number of esters is 1. The predicted molar refractivity (Wildman–Crippen MR) is 145 cm³/mol. The zero-order chi connectivity index (χ0) is 27.0. The van der Waals surface area contributed by atoms with Crippen molar-refractivity contribution < 1.29 is 23.4 Å². The molecule has 3 aromatic rings. The monoisotopic (exact) mass is 504 g/mol. The van der Waals surface area contributed by atoms with Gasteiger partial charge in [-0.1, -0.05) is 58.9 Å². The number of carbonyl (C=O) groups is 1. The van der Waals surface area contributed by atoms with E-state index in [1.54, 1.807) is 19.2 Å². The fraction of sp³-hybridized carbons (Fsp3) is 0.406. The van der Waals surface area contributed by atoms with Crippen molar-refractivity contribution in [3.8, 4) is 22.6 Å². The largest absolute Gasteiger partial charge is 0.497 e. The van der Waals surface area contributed by atoms with Gasteiger partial charge in [-0.2, -0.15) is 0 Å². The number of benzene rings is 3. The Bertz CT molecular complexity index is 1300. The maximum Gasteiger partial charge on any atom is 0.306 e. The quantitative estimate of drug-likeness (QED) is 0.311. The highest BCUT2D eigenvalue weighted by Gasteiger charge is 2.40. The highest BCUT2D eigenvalue weighted by atomic mass is 19.1. The first-order valence-electron chi connectivity index (χ1n) is 12.7. The average Bonchev–Trinajstić information content (AvgIpc) is 3.11. The number of methoxy groups -OCH3 is 2. The molecule has 0 saturated heterocycles. The first kappa shape index (κ1) is 26.7. The Morgan fingerprint density at radius 3 is 2.38 bits per heavy atom. The number of rotatable bonds is 7. The van der Waals surface area contributed by atoms with E-state index in [1.165, 1.54) is 18.7 Å². The molecule has 0 amide bonds. The summed E-state index contributed by atoms with van der Waals surface area (Å²) in [7, 11) is 3.02. The minimum atomic E-state index is -0.280. The molecule has 3 aromatic carbocycles. The molecule has 1 atom stereocenters. The number of halogens is 1. The van der Waals surface area contributed by atoms with E-state index in [0.29, 0.717) is 24.3 Å². The molecule has 4 nitrogen and oxygen atoms in total. The first-order valence-corrected chi connectivity index (χ1v) is 12.7. The molecule has 0 aromatic heterocycles. The summed E-state index contributed by atoms with van der Waals surface area (Å²) in [5, 5.41) is 0. The van der Waals surface area contributed by atoms with Crippen molar-refractivity contribution in [1.82, 2.24) is 0 Å². The number of hydrogen-bond acceptors (Lipinski definition) is 4. The van der Waals surface area contributed by atoms with Crippen LogP contribution in [0.4, 0.5) is 4.39 Å². The smallest absolute Gasteiger partial charge is 0.306 e. The summed E-state index contributed by atoms with van der Waals surface area (Å²) in [6.07, 6.45) is 1.28. The van der Waals surface area contributed by atoms with Gasteiger partial charge in [0.05, 0.1) is 20.6 Å². The lowest BCUT2D eigenvalue weighted by Gasteiger charge is -2.26. The Kier molecular flexibility index (Phi) is 7.36. The first-order chi connectivity index (χ1) is 17.4. The topological polar surface area (TPSA) is 44.8 Å². The average molecular weight is 505 g/mol. The van der Waals surface area contributed by atoms with Crippen LogP contribution in [0.2, 0.25) is 0 Å². The molecular weight excluding hydrogens is 467 g/mol. The molecule has 0 N–H and O–H groups in total. The van der Waals surface area contributed by atoms with E-state index in [4.69, 9.17) is 14.2 Å². The standard InChI is InChI=1S/C32H37FO4/c1-31(2,3)27-14-20(8-12-24(27)26-15-22(35-6)11-13-29(26)33)19-37-23-10-9-21-18-32(4,5)28(25(21)16-23)17-30(34)36-7/h8-16,28H,17-19H2,1-7H3/t28-/m1/s1. The Morgan fingerprint density at radius 1 is 0.973 bits per heavy atom. The van der Waals surface area contributed by atoms with E-state index in [0.717, 1.165) is 34.4 Å². The second-order valence-corrected chi connectivity index (χ2v) is 11.6. The molecule has 5 heteroatoms. The Morgan fingerprint density at radius 2 is 1.70 bits per heavy atom. The second-order valence-electron chi connectivity index (χ2n) is 11.6. The molecular formula is C32H37FO4. The summed E-state index contributed by atoms with van der Waals surface area (Å²) in [4.78, 5) is 12.1. The summed E-state index contributed by atoms with van der Waals surface area (Å²) in [6, 6.07) is 17.1. The Hall–Kier alpha value is -3.34. The van der Waals surface area contributed by atoms with Crippen molar-refractivity contribution in [2.45, 2.75) is 65.4 Å². The van der Waals surface area contributed by atoms with E-state index in [9.17, 15) is 9.18 Å². The molecule has 0 bridgehead atoms. The molecule has 1 aliphatic rings. The molecule has 196 valence electrons. The molecule has 0 aliphatic heterocycles. The third-order valence-corrected chi connectivity index (χ3v) is 7.44. The van der Waals surface area contributed by atoms with Crippen molar-refractivity contribution in [2.75, 3.05) is 14.2 Å². The van der Waals surface area contributed by atoms with Gasteiger partial charge in [0.25, 0.3) is 0 Å². The number of hydrogen-bond donors (Lipinski definition) is 0. The van der Waals surface area contributed by atoms with Crippen LogP contribution in [0, 0.1) is 11.2 Å². The van der Waals surface area contributed by atoms with Crippen molar-refractivity contribution in [1.29, 1.82) is 0 Å². The van der Waals surface area contributed by atoms with E-state index in [-0.39, 0.29) is 28.5 Å². The maximum atomic E-state index is 14.8. The third kappa shape index (κ3) is 5.66. The van der Waals surface area contributed by atoms with Crippen LogP contribution in [0.3, 0.4) is 0 Å². The second kappa shape index (κ2) is 10.2. The normalized spacial score (nSPS) is 16.3. The summed E-state index contributed by atoms with van der Waals surface area (Å²) in [5.74, 6) is 1.00. The molecule has 0 radical (unpaired) electrons. The van der Waals surface area contributed by atoms with Crippen LogP contribution in [0.5, 0.6) is 11.5 Å². The number of carbonyl (C=O) groups excluding carboxylic acids is 1. The molecule has 4 rings (SSSR count). The lowest BCUT2D eigenvalue weighted by molar-refractivity contribution is -0.141. The lowest BCUT2D eigenvalue weighted by Crippen LogP contribution is -2.21. The molecule has 0 unspecified atom stereocenters. The predicted octanol–water partition coefficient (Wildman–Crippen LogP) is 7.61. The SMILES string of the molecule is COC(=O)C[C@@H]1c2cc(OCc3ccc(-c4cc(OC)ccc4F)c(C(C)(C)C)c3)ccc2CC1(C)C. The minimum absolute atomic E-state index is 0.0258. The third-order valence-electron chi connectivity index (χ3n) is 7.44. The van der Waals surface area contributed by atoms with Crippen LogP contribution in [0.25, 0.3) is 11.1 Å². The van der Waals surface area contributed by atoms with E-state index < -0.39 is 0 Å². The van der Waals surface area contributed by atoms with E-state index in [1.807, 2.05) is 18.2 Å². The number of ether oxygens (including phenoxy) is 3. The van der Waals surface area contributed by atoms with Crippen LogP contribution < -0.4 is 9.47 Å². The molecule has 0 saturated carbocycles. The van der Waals surface area contributed by atoms with Gasteiger partial charge in [-0.25, -0.2) is 4.39 Å². The van der Waals surface area contributed by atoms with Gasteiger partial charge < -0.3 is 14.2 Å².